The molecule has 4 saturated carbocycles. The molecule has 4 bridgehead atoms. The fraction of sp³-hybridized carbons (Fsp3) is 0.630. The molecule has 6 N–H and O–H groups in total. The van der Waals surface area contributed by atoms with E-state index in [4.69, 9.17) is 20.9 Å². The lowest BCUT2D eigenvalue weighted by Gasteiger charge is -2.57. The molecule has 202 valence electrons. The van der Waals surface area contributed by atoms with Crippen molar-refractivity contribution in [2.75, 3.05) is 13.2 Å². The van der Waals surface area contributed by atoms with E-state index in [1.807, 2.05) is 0 Å². The Morgan fingerprint density at radius 1 is 1.08 bits per heavy atom. The van der Waals surface area contributed by atoms with Gasteiger partial charge in [-0.15, -0.1) is 0 Å². The van der Waals surface area contributed by atoms with Gasteiger partial charge < -0.3 is 36.2 Å². The second-order valence-corrected chi connectivity index (χ2v) is 11.1. The topological polar surface area (TPSA) is 166 Å². The molecule has 4 aliphatic carbocycles. The molecule has 4 fully saturated rings. The van der Waals surface area contributed by atoms with Gasteiger partial charge in [0.15, 0.2) is 5.96 Å². The minimum Gasteiger partial charge on any atom is -0.494 e. The third-order valence-corrected chi connectivity index (χ3v) is 8.14. The van der Waals surface area contributed by atoms with E-state index in [2.05, 4.69) is 10.3 Å². The molecule has 4 aliphatic rings. The van der Waals surface area contributed by atoms with Crippen LogP contribution in [0, 0.1) is 23.2 Å². The molecule has 5 rings (SSSR count). The van der Waals surface area contributed by atoms with Gasteiger partial charge in [-0.1, -0.05) is 12.1 Å². The Balaban J connectivity index is 1.20. The summed E-state index contributed by atoms with van der Waals surface area (Å²) in [5.74, 6) is 1.79. The summed E-state index contributed by atoms with van der Waals surface area (Å²) in [7, 11) is 0. The number of carboxylic acid groups (broad SMARTS) is 1. The molecule has 1 aromatic carbocycles. The minimum absolute atomic E-state index is 0.109. The normalized spacial score (nSPS) is 27.1. The van der Waals surface area contributed by atoms with Crippen molar-refractivity contribution >= 4 is 24.3 Å². The SMILES string of the molecule is NC(N)=NC(C=O)CCOc1ccc(C[C@H](NC(=O)OCCC23CC4CC(CC(C4)C2)C3)C(=O)O)cc1. The number of alkyl carbamates (subject to hydrolysis) is 1. The quantitative estimate of drug-likeness (QED) is 0.177. The number of benzene rings is 1. The molecule has 0 radical (unpaired) electrons. The maximum absolute atomic E-state index is 12.4. The molecule has 1 amide bonds. The van der Waals surface area contributed by atoms with Crippen LogP contribution in [0.1, 0.15) is 56.9 Å². The summed E-state index contributed by atoms with van der Waals surface area (Å²) in [6.45, 7) is 0.554. The number of aldehydes is 1. The Labute approximate surface area is 217 Å². The predicted molar refractivity (Wildman–Crippen MR) is 137 cm³/mol. The highest BCUT2D eigenvalue weighted by molar-refractivity contribution is 5.80. The van der Waals surface area contributed by atoms with Gasteiger partial charge in [-0.25, -0.2) is 14.6 Å². The van der Waals surface area contributed by atoms with Gasteiger partial charge in [0.05, 0.1) is 13.2 Å². The van der Waals surface area contributed by atoms with Crippen molar-refractivity contribution in [2.45, 2.75) is 69.9 Å². The number of hydrogen-bond donors (Lipinski definition) is 4. The second-order valence-electron chi connectivity index (χ2n) is 11.1. The molecule has 0 aromatic heterocycles. The highest BCUT2D eigenvalue weighted by atomic mass is 16.5. The van der Waals surface area contributed by atoms with Crippen molar-refractivity contribution in [2.24, 2.45) is 39.6 Å². The number of nitrogens with two attached hydrogens (primary N) is 2. The van der Waals surface area contributed by atoms with Crippen LogP contribution in [0.2, 0.25) is 0 Å². The van der Waals surface area contributed by atoms with Crippen molar-refractivity contribution in [3.05, 3.63) is 29.8 Å². The summed E-state index contributed by atoms with van der Waals surface area (Å²) in [5.41, 5.74) is 11.6. The number of carbonyl (C=O) groups is 3. The van der Waals surface area contributed by atoms with Crippen LogP contribution in [-0.4, -0.2) is 54.7 Å². The third kappa shape index (κ3) is 7.36. The summed E-state index contributed by atoms with van der Waals surface area (Å²) in [4.78, 5) is 38.9. The van der Waals surface area contributed by atoms with E-state index < -0.39 is 24.1 Å². The zero-order valence-electron chi connectivity index (χ0n) is 21.1. The zero-order chi connectivity index (χ0) is 26.4. The monoisotopic (exact) mass is 514 g/mol. The average molecular weight is 515 g/mol. The Morgan fingerprint density at radius 2 is 1.70 bits per heavy atom. The number of guanidine groups is 1. The van der Waals surface area contributed by atoms with E-state index in [0.29, 0.717) is 30.5 Å². The van der Waals surface area contributed by atoms with Crippen molar-refractivity contribution in [3.8, 4) is 5.75 Å². The summed E-state index contributed by atoms with van der Waals surface area (Å²) < 4.78 is 11.0. The van der Waals surface area contributed by atoms with Gasteiger partial charge in [0.1, 0.15) is 24.1 Å². The number of aliphatic carboxylic acids is 1. The summed E-state index contributed by atoms with van der Waals surface area (Å²) in [5, 5.41) is 12.1. The highest BCUT2D eigenvalue weighted by Crippen LogP contribution is 2.61. The maximum Gasteiger partial charge on any atom is 0.407 e. The number of hydrogen-bond acceptors (Lipinski definition) is 6. The molecule has 2 atom stereocenters. The van der Waals surface area contributed by atoms with E-state index in [-0.39, 0.29) is 19.0 Å². The van der Waals surface area contributed by atoms with Crippen LogP contribution in [-0.2, 0) is 20.7 Å². The van der Waals surface area contributed by atoms with E-state index in [0.717, 1.165) is 29.7 Å². The molecule has 0 aliphatic heterocycles. The molecule has 0 saturated heterocycles. The number of aliphatic imine (C=N–C) groups is 1. The number of nitrogens with zero attached hydrogens (tertiary/aromatic N) is 1. The molecule has 0 heterocycles. The molecular formula is C27H38N4O6. The van der Waals surface area contributed by atoms with Gasteiger partial charge in [-0.05, 0) is 85.8 Å². The van der Waals surface area contributed by atoms with Gasteiger partial charge >= 0.3 is 12.1 Å². The lowest BCUT2D eigenvalue weighted by atomic mass is 9.49. The minimum atomic E-state index is -1.13. The van der Waals surface area contributed by atoms with Crippen LogP contribution in [0.4, 0.5) is 4.79 Å². The average Bonchev–Trinajstić information content (AvgIpc) is 2.82. The van der Waals surface area contributed by atoms with Crippen LogP contribution in [0.25, 0.3) is 0 Å². The summed E-state index contributed by atoms with van der Waals surface area (Å²) in [6, 6.07) is 5.10. The van der Waals surface area contributed by atoms with Crippen LogP contribution in [0.5, 0.6) is 5.75 Å². The number of amides is 1. The van der Waals surface area contributed by atoms with Crippen molar-refractivity contribution in [1.29, 1.82) is 0 Å². The summed E-state index contributed by atoms with van der Waals surface area (Å²) >= 11 is 0. The van der Waals surface area contributed by atoms with Crippen LogP contribution in [0.3, 0.4) is 0 Å². The van der Waals surface area contributed by atoms with Gasteiger partial charge in [-0.2, -0.15) is 0 Å². The molecule has 0 spiro atoms. The maximum atomic E-state index is 12.4. The molecule has 1 aromatic rings. The summed E-state index contributed by atoms with van der Waals surface area (Å²) in [6.07, 6.45) is 9.09. The van der Waals surface area contributed by atoms with Crippen LogP contribution < -0.4 is 21.5 Å². The number of carbonyl (C=O) groups excluding carboxylic acids is 2. The largest absolute Gasteiger partial charge is 0.494 e. The molecule has 10 nitrogen and oxygen atoms in total. The van der Waals surface area contributed by atoms with E-state index in [9.17, 15) is 19.5 Å². The zero-order valence-corrected chi connectivity index (χ0v) is 21.1. The first kappa shape index (κ1) is 26.8. The molecule has 1 unspecified atom stereocenters. The Kier molecular flexibility index (Phi) is 8.56. The van der Waals surface area contributed by atoms with Gasteiger partial charge in [0, 0.05) is 12.8 Å². The van der Waals surface area contributed by atoms with E-state index in [1.54, 1.807) is 24.3 Å². The first-order valence-corrected chi connectivity index (χ1v) is 13.2. The number of nitrogens with one attached hydrogen (secondary N) is 1. The van der Waals surface area contributed by atoms with Crippen molar-refractivity contribution < 1.29 is 29.0 Å². The van der Waals surface area contributed by atoms with Crippen molar-refractivity contribution in [3.63, 3.8) is 0 Å². The van der Waals surface area contributed by atoms with E-state index >= 15 is 0 Å². The lowest BCUT2D eigenvalue weighted by Crippen LogP contribution is -2.47. The van der Waals surface area contributed by atoms with Crippen LogP contribution in [0.15, 0.2) is 29.3 Å². The van der Waals surface area contributed by atoms with Crippen molar-refractivity contribution in [1.82, 2.24) is 5.32 Å². The lowest BCUT2D eigenvalue weighted by molar-refractivity contribution is -0.139. The number of ether oxygens (including phenoxy) is 2. The predicted octanol–water partition coefficient (Wildman–Crippen LogP) is 2.62. The second kappa shape index (κ2) is 11.8. The Hall–Kier alpha value is -3.30. The Morgan fingerprint density at radius 3 is 2.24 bits per heavy atom. The fourth-order valence-electron chi connectivity index (χ4n) is 6.95. The molecular weight excluding hydrogens is 476 g/mol. The van der Waals surface area contributed by atoms with Gasteiger partial charge in [0.2, 0.25) is 0 Å². The molecule has 10 heteroatoms. The fourth-order valence-corrected chi connectivity index (χ4v) is 6.95. The standard InChI is InChI=1S/C27H38N4O6/c28-25(29)30-21(16-32)5-7-36-22-3-1-17(2-4-22)12-23(24(33)34)31-26(35)37-8-6-27-13-18-9-19(14-27)11-20(10-18)15-27/h1-4,16,18-21,23H,5-15H2,(H,31,35)(H,33,34)(H4,28,29,30)/t18?,19?,20?,21?,23-,27?/m0/s1. The van der Waals surface area contributed by atoms with E-state index in [1.165, 1.54) is 38.5 Å². The van der Waals surface area contributed by atoms with Crippen LogP contribution >= 0.6 is 0 Å². The highest BCUT2D eigenvalue weighted by Gasteiger charge is 2.50. The Bertz CT molecular complexity index is 956. The molecule has 37 heavy (non-hydrogen) atoms. The third-order valence-electron chi connectivity index (χ3n) is 8.14. The first-order chi connectivity index (χ1) is 17.7. The first-order valence-electron chi connectivity index (χ1n) is 13.2. The number of carboxylic acids is 1. The number of rotatable bonds is 13. The van der Waals surface area contributed by atoms with Gasteiger partial charge in [-0.3, -0.25) is 0 Å². The smallest absolute Gasteiger partial charge is 0.407 e. The van der Waals surface area contributed by atoms with Gasteiger partial charge in [0.25, 0.3) is 0 Å².